The maximum absolute atomic E-state index is 12.4. The quantitative estimate of drug-likeness (QED) is 0.249. The lowest BCUT2D eigenvalue weighted by atomic mass is 10.1. The van der Waals surface area contributed by atoms with Crippen molar-refractivity contribution in [3.63, 3.8) is 0 Å². The summed E-state index contributed by atoms with van der Waals surface area (Å²) in [5.41, 5.74) is 3.20. The predicted octanol–water partition coefficient (Wildman–Crippen LogP) is 3.51. The predicted molar refractivity (Wildman–Crippen MR) is 129 cm³/mol. The Morgan fingerprint density at radius 1 is 1.03 bits per heavy atom. The molecule has 0 bridgehead atoms. The van der Waals surface area contributed by atoms with Gasteiger partial charge in [0.05, 0.1) is 19.7 Å². The molecular formula is C26H24N4O4. The van der Waals surface area contributed by atoms with Crippen LogP contribution in [0.15, 0.2) is 82.7 Å². The van der Waals surface area contributed by atoms with Crippen molar-refractivity contribution in [3.05, 3.63) is 111 Å². The molecule has 1 heterocycles. The summed E-state index contributed by atoms with van der Waals surface area (Å²) in [6.45, 7) is 2.01. The van der Waals surface area contributed by atoms with Gasteiger partial charge in [-0.1, -0.05) is 60.2 Å². The summed E-state index contributed by atoms with van der Waals surface area (Å²) >= 11 is 0. The molecule has 0 saturated heterocycles. The maximum Gasteiger partial charge on any atom is 0.364 e. The molecule has 172 valence electrons. The number of carbonyl (C=O) groups excluding carboxylic acids is 1. The fraction of sp³-hybridized carbons (Fsp3) is 0.154. The van der Waals surface area contributed by atoms with E-state index in [4.69, 9.17) is 9.47 Å². The third-order valence-corrected chi connectivity index (χ3v) is 5.13. The molecule has 0 fully saturated rings. The topological polar surface area (TPSA) is 98.6 Å². The highest BCUT2D eigenvalue weighted by Gasteiger charge is 2.12. The number of benzene rings is 3. The van der Waals surface area contributed by atoms with Gasteiger partial charge in [-0.25, -0.2) is 9.89 Å². The van der Waals surface area contributed by atoms with E-state index in [-0.39, 0.29) is 12.2 Å². The second kappa shape index (κ2) is 10.4. The lowest BCUT2D eigenvalue weighted by molar-refractivity contribution is -0.133. The number of esters is 1. The molecule has 1 aromatic heterocycles. The van der Waals surface area contributed by atoms with Crippen LogP contribution in [0.2, 0.25) is 0 Å². The second-order valence-electron chi connectivity index (χ2n) is 7.71. The maximum atomic E-state index is 12.4. The zero-order valence-corrected chi connectivity index (χ0v) is 18.9. The molecular weight excluding hydrogens is 432 g/mol. The molecule has 34 heavy (non-hydrogen) atoms. The SMILES string of the molecule is COc1ccc(/C=N/n2c(Cc3ccc(C)cc3)n[nH]c2=O)cc1OC(=O)Cc1ccccc1. The number of carbonyl (C=O) groups is 1. The molecule has 4 rings (SSSR count). The van der Waals surface area contributed by atoms with E-state index >= 15 is 0 Å². The average molecular weight is 457 g/mol. The van der Waals surface area contributed by atoms with Crippen LogP contribution in [0.4, 0.5) is 0 Å². The van der Waals surface area contributed by atoms with Crippen molar-refractivity contribution in [1.82, 2.24) is 14.9 Å². The van der Waals surface area contributed by atoms with Crippen molar-refractivity contribution in [2.45, 2.75) is 19.8 Å². The Morgan fingerprint density at radius 2 is 1.79 bits per heavy atom. The van der Waals surface area contributed by atoms with Crippen LogP contribution in [0.5, 0.6) is 11.5 Å². The van der Waals surface area contributed by atoms with E-state index in [1.54, 1.807) is 18.2 Å². The molecule has 0 saturated carbocycles. The highest BCUT2D eigenvalue weighted by Crippen LogP contribution is 2.28. The second-order valence-corrected chi connectivity index (χ2v) is 7.71. The minimum Gasteiger partial charge on any atom is -0.493 e. The Balaban J connectivity index is 1.52. The molecule has 3 aromatic carbocycles. The smallest absolute Gasteiger partial charge is 0.364 e. The van der Waals surface area contributed by atoms with Crippen molar-refractivity contribution in [1.29, 1.82) is 0 Å². The van der Waals surface area contributed by atoms with Gasteiger partial charge in [0.1, 0.15) is 0 Å². The molecule has 0 aliphatic heterocycles. The van der Waals surface area contributed by atoms with Crippen LogP contribution in [0.25, 0.3) is 0 Å². The van der Waals surface area contributed by atoms with Gasteiger partial charge in [-0.3, -0.25) is 4.79 Å². The largest absolute Gasteiger partial charge is 0.493 e. The molecule has 8 heteroatoms. The molecule has 0 spiro atoms. The normalized spacial score (nSPS) is 11.0. The minimum absolute atomic E-state index is 0.134. The van der Waals surface area contributed by atoms with Crippen LogP contribution in [-0.2, 0) is 17.6 Å². The third kappa shape index (κ3) is 5.66. The summed E-state index contributed by atoms with van der Waals surface area (Å²) < 4.78 is 12.1. The summed E-state index contributed by atoms with van der Waals surface area (Å²) in [7, 11) is 1.50. The molecule has 0 atom stereocenters. The van der Waals surface area contributed by atoms with Gasteiger partial charge in [-0.15, -0.1) is 0 Å². The Bertz CT molecular complexity index is 1360. The van der Waals surface area contributed by atoms with Gasteiger partial charge in [0.2, 0.25) is 0 Å². The monoisotopic (exact) mass is 456 g/mol. The first kappa shape index (κ1) is 22.7. The van der Waals surface area contributed by atoms with Crippen LogP contribution >= 0.6 is 0 Å². The molecule has 0 radical (unpaired) electrons. The number of hydrogen-bond donors (Lipinski definition) is 1. The van der Waals surface area contributed by atoms with E-state index < -0.39 is 11.7 Å². The third-order valence-electron chi connectivity index (χ3n) is 5.13. The first-order chi connectivity index (χ1) is 16.5. The number of methoxy groups -OCH3 is 1. The van der Waals surface area contributed by atoms with E-state index in [1.807, 2.05) is 61.5 Å². The van der Waals surface area contributed by atoms with Crippen LogP contribution in [0.3, 0.4) is 0 Å². The van der Waals surface area contributed by atoms with Gasteiger partial charge in [-0.05, 0) is 41.8 Å². The summed E-state index contributed by atoms with van der Waals surface area (Å²) in [6.07, 6.45) is 2.08. The van der Waals surface area contributed by atoms with E-state index in [0.717, 1.165) is 16.7 Å². The van der Waals surface area contributed by atoms with Crippen molar-refractivity contribution >= 4 is 12.2 Å². The number of aromatic amines is 1. The first-order valence-electron chi connectivity index (χ1n) is 10.7. The zero-order chi connectivity index (χ0) is 23.9. The number of aromatic nitrogens is 3. The number of aryl methyl sites for hydroxylation is 1. The molecule has 8 nitrogen and oxygen atoms in total. The van der Waals surface area contributed by atoms with Gasteiger partial charge in [0, 0.05) is 6.42 Å². The number of H-pyrrole nitrogens is 1. The average Bonchev–Trinajstić information content (AvgIpc) is 3.18. The van der Waals surface area contributed by atoms with Gasteiger partial charge in [-0.2, -0.15) is 14.9 Å². The summed E-state index contributed by atoms with van der Waals surface area (Å²) in [5.74, 6) is 0.754. The Labute approximate surface area is 196 Å². The Morgan fingerprint density at radius 3 is 2.53 bits per heavy atom. The standard InChI is InChI=1S/C26H24N4O4/c1-18-8-10-20(11-9-18)15-24-28-29-26(32)30(24)27-17-21-12-13-22(33-2)23(14-21)34-25(31)16-19-6-4-3-5-7-19/h3-14,17H,15-16H2,1-2H3,(H,29,32)/b27-17+. The Kier molecular flexibility index (Phi) is 6.98. The van der Waals surface area contributed by atoms with Crippen LogP contribution in [0, 0.1) is 6.92 Å². The molecule has 0 amide bonds. The van der Waals surface area contributed by atoms with Gasteiger partial charge < -0.3 is 9.47 Å². The van der Waals surface area contributed by atoms with Crippen LogP contribution in [-0.4, -0.2) is 34.2 Å². The number of nitrogens with zero attached hydrogens (tertiary/aromatic N) is 3. The van der Waals surface area contributed by atoms with Crippen LogP contribution in [0.1, 0.15) is 28.1 Å². The number of nitrogens with one attached hydrogen (secondary N) is 1. The van der Waals surface area contributed by atoms with E-state index in [2.05, 4.69) is 15.3 Å². The molecule has 0 aliphatic carbocycles. The van der Waals surface area contributed by atoms with E-state index in [0.29, 0.717) is 23.6 Å². The fourth-order valence-electron chi connectivity index (χ4n) is 3.35. The number of rotatable bonds is 8. The molecule has 0 aliphatic rings. The van der Waals surface area contributed by atoms with Crippen molar-refractivity contribution < 1.29 is 14.3 Å². The lowest BCUT2D eigenvalue weighted by Crippen LogP contribution is -2.15. The van der Waals surface area contributed by atoms with E-state index in [9.17, 15) is 9.59 Å². The summed E-state index contributed by atoms with van der Waals surface area (Å²) in [6, 6.07) is 22.4. The highest BCUT2D eigenvalue weighted by molar-refractivity contribution is 5.82. The van der Waals surface area contributed by atoms with Crippen LogP contribution < -0.4 is 15.2 Å². The number of ether oxygens (including phenoxy) is 2. The summed E-state index contributed by atoms with van der Waals surface area (Å²) in [5, 5.41) is 10.8. The van der Waals surface area contributed by atoms with Crippen molar-refractivity contribution in [2.75, 3.05) is 7.11 Å². The van der Waals surface area contributed by atoms with Gasteiger partial charge in [0.25, 0.3) is 0 Å². The van der Waals surface area contributed by atoms with Crippen molar-refractivity contribution in [2.24, 2.45) is 5.10 Å². The van der Waals surface area contributed by atoms with Gasteiger partial charge >= 0.3 is 11.7 Å². The summed E-state index contributed by atoms with van der Waals surface area (Å²) in [4.78, 5) is 24.7. The fourth-order valence-corrected chi connectivity index (χ4v) is 3.35. The Hall–Kier alpha value is -4.46. The first-order valence-corrected chi connectivity index (χ1v) is 10.7. The molecule has 4 aromatic rings. The highest BCUT2D eigenvalue weighted by atomic mass is 16.6. The lowest BCUT2D eigenvalue weighted by Gasteiger charge is -2.10. The minimum atomic E-state index is -0.443. The zero-order valence-electron chi connectivity index (χ0n) is 18.9. The van der Waals surface area contributed by atoms with Crippen molar-refractivity contribution in [3.8, 4) is 11.5 Å². The number of hydrogen-bond acceptors (Lipinski definition) is 6. The van der Waals surface area contributed by atoms with E-state index in [1.165, 1.54) is 18.0 Å². The van der Waals surface area contributed by atoms with Gasteiger partial charge in [0.15, 0.2) is 17.3 Å². The molecule has 0 unspecified atom stereocenters. The molecule has 1 N–H and O–H groups in total.